The van der Waals surface area contributed by atoms with Crippen molar-refractivity contribution in [3.63, 3.8) is 0 Å². The lowest BCUT2D eigenvalue weighted by molar-refractivity contribution is 0.602. The monoisotopic (exact) mass is 361 g/mol. The molecule has 22 heavy (non-hydrogen) atoms. The number of halogens is 2. The minimum absolute atomic E-state index is 0.262. The van der Waals surface area contributed by atoms with Crippen molar-refractivity contribution in [3.05, 3.63) is 52.6 Å². The second-order valence-electron chi connectivity index (χ2n) is 4.86. The van der Waals surface area contributed by atoms with Crippen LogP contribution >= 0.6 is 15.9 Å². The molecule has 0 bridgehead atoms. The first kappa shape index (κ1) is 14.6. The zero-order valence-corrected chi connectivity index (χ0v) is 13.3. The van der Waals surface area contributed by atoms with Gasteiger partial charge in [-0.2, -0.15) is 0 Å². The molecule has 0 aliphatic rings. The molecule has 3 N–H and O–H groups in total. The average molecular weight is 362 g/mol. The summed E-state index contributed by atoms with van der Waals surface area (Å²) in [7, 11) is 0. The fourth-order valence-corrected chi connectivity index (χ4v) is 2.49. The number of nitrogens with zero attached hydrogens (tertiary/aromatic N) is 3. The highest BCUT2D eigenvalue weighted by Crippen LogP contribution is 2.26. The summed E-state index contributed by atoms with van der Waals surface area (Å²) in [5, 5.41) is 3.96. The Balaban J connectivity index is 1.96. The summed E-state index contributed by atoms with van der Waals surface area (Å²) >= 11 is 3.24. The van der Waals surface area contributed by atoms with E-state index in [1.165, 1.54) is 12.3 Å². The van der Waals surface area contributed by atoms with E-state index in [2.05, 4.69) is 36.2 Å². The molecule has 112 valence electrons. The van der Waals surface area contributed by atoms with Gasteiger partial charge in [0.05, 0.1) is 17.8 Å². The Morgan fingerprint density at radius 2 is 2.14 bits per heavy atom. The first-order chi connectivity index (χ1) is 10.5. The predicted octanol–water partition coefficient (Wildman–Crippen LogP) is 3.68. The summed E-state index contributed by atoms with van der Waals surface area (Å²) in [6.07, 6.45) is 3.15. The number of hydrogen-bond donors (Lipinski definition) is 2. The van der Waals surface area contributed by atoms with Crippen molar-refractivity contribution in [1.29, 1.82) is 0 Å². The number of aromatic nitrogens is 3. The minimum atomic E-state index is -0.326. The van der Waals surface area contributed by atoms with Gasteiger partial charge in [0, 0.05) is 23.2 Å². The molecule has 1 aromatic carbocycles. The quantitative estimate of drug-likeness (QED) is 0.743. The molecule has 0 aliphatic carbocycles. The number of pyridine rings is 1. The van der Waals surface area contributed by atoms with Gasteiger partial charge in [0.1, 0.15) is 10.4 Å². The molecular formula is C15H13BrFN5. The number of nitrogen functional groups attached to an aromatic ring is 1. The fourth-order valence-electron chi connectivity index (χ4n) is 2.21. The molecule has 0 spiro atoms. The lowest BCUT2D eigenvalue weighted by Crippen LogP contribution is -2.12. The highest BCUT2D eigenvalue weighted by atomic mass is 79.9. The van der Waals surface area contributed by atoms with E-state index in [9.17, 15) is 4.39 Å². The van der Waals surface area contributed by atoms with Gasteiger partial charge in [0.2, 0.25) is 0 Å². The smallest absolute Gasteiger partial charge is 0.170 e. The van der Waals surface area contributed by atoms with E-state index in [1.807, 2.05) is 19.1 Å². The lowest BCUT2D eigenvalue weighted by atomic mass is 10.0. The Kier molecular flexibility index (Phi) is 3.89. The van der Waals surface area contributed by atoms with E-state index in [0.717, 1.165) is 5.39 Å². The zero-order valence-electron chi connectivity index (χ0n) is 11.7. The van der Waals surface area contributed by atoms with E-state index >= 15 is 0 Å². The van der Waals surface area contributed by atoms with Gasteiger partial charge in [-0.3, -0.25) is 4.98 Å². The molecule has 2 heterocycles. The van der Waals surface area contributed by atoms with E-state index < -0.39 is 0 Å². The molecule has 0 aliphatic heterocycles. The number of rotatable bonds is 3. The highest BCUT2D eigenvalue weighted by Gasteiger charge is 2.15. The molecule has 3 aromatic rings. The molecule has 7 heteroatoms. The highest BCUT2D eigenvalue weighted by molar-refractivity contribution is 9.10. The van der Waals surface area contributed by atoms with Crippen LogP contribution in [0, 0.1) is 5.82 Å². The van der Waals surface area contributed by atoms with E-state index in [0.29, 0.717) is 21.5 Å². The first-order valence-corrected chi connectivity index (χ1v) is 7.42. The average Bonchev–Trinajstić information content (AvgIpc) is 2.50. The molecule has 1 atom stereocenters. The summed E-state index contributed by atoms with van der Waals surface area (Å²) < 4.78 is 14.9. The second-order valence-corrected chi connectivity index (χ2v) is 5.67. The second kappa shape index (κ2) is 5.84. The number of nitrogens with one attached hydrogen (secondary N) is 1. The maximum absolute atomic E-state index is 14.3. The van der Waals surface area contributed by atoms with Crippen LogP contribution in [0.5, 0.6) is 0 Å². The van der Waals surface area contributed by atoms with Gasteiger partial charge in [-0.25, -0.2) is 14.4 Å². The molecule has 1 unspecified atom stereocenters. The minimum Gasteiger partial charge on any atom is -0.381 e. The van der Waals surface area contributed by atoms with Gasteiger partial charge in [-0.1, -0.05) is 6.07 Å². The molecule has 5 nitrogen and oxygen atoms in total. The number of hydrogen-bond acceptors (Lipinski definition) is 5. The Hall–Kier alpha value is -2.28. The van der Waals surface area contributed by atoms with Crippen LogP contribution in [-0.4, -0.2) is 15.0 Å². The number of nitrogens with two attached hydrogens (primary N) is 1. The number of fused-ring (bicyclic) bond motifs is 1. The summed E-state index contributed by atoms with van der Waals surface area (Å²) in [6.45, 7) is 1.84. The van der Waals surface area contributed by atoms with Crippen LogP contribution in [0.3, 0.4) is 0 Å². The van der Waals surface area contributed by atoms with Crippen molar-refractivity contribution in [2.24, 2.45) is 0 Å². The van der Waals surface area contributed by atoms with E-state index in [1.54, 1.807) is 12.3 Å². The Morgan fingerprint density at radius 1 is 1.32 bits per heavy atom. The van der Waals surface area contributed by atoms with Crippen molar-refractivity contribution in [2.45, 2.75) is 13.0 Å². The van der Waals surface area contributed by atoms with Crippen LogP contribution in [0.4, 0.5) is 16.0 Å². The third-order valence-corrected chi connectivity index (χ3v) is 3.69. The van der Waals surface area contributed by atoms with Crippen molar-refractivity contribution in [3.8, 4) is 0 Å². The number of benzene rings is 1. The normalized spacial score (nSPS) is 12.3. The van der Waals surface area contributed by atoms with Crippen LogP contribution in [-0.2, 0) is 0 Å². The maximum atomic E-state index is 14.3. The fraction of sp³-hybridized carbons (Fsp3) is 0.133. The lowest BCUT2D eigenvalue weighted by Gasteiger charge is -2.17. The Labute approximate surface area is 134 Å². The van der Waals surface area contributed by atoms with Gasteiger partial charge in [0.25, 0.3) is 0 Å². The van der Waals surface area contributed by atoms with Gasteiger partial charge >= 0.3 is 0 Å². The SMILES string of the molecule is CC(Nc1nc(Br)cnc1N)c1cc2cccnc2cc1F. The molecule has 0 amide bonds. The van der Waals surface area contributed by atoms with Crippen LogP contribution in [0.25, 0.3) is 10.9 Å². The van der Waals surface area contributed by atoms with Crippen LogP contribution in [0.2, 0.25) is 0 Å². The molecular weight excluding hydrogens is 349 g/mol. The van der Waals surface area contributed by atoms with Gasteiger partial charge in [-0.05, 0) is 35.0 Å². The predicted molar refractivity (Wildman–Crippen MR) is 87.9 cm³/mol. The van der Waals surface area contributed by atoms with Gasteiger partial charge < -0.3 is 11.1 Å². The third-order valence-electron chi connectivity index (χ3n) is 3.31. The Morgan fingerprint density at radius 3 is 2.95 bits per heavy atom. The summed E-state index contributed by atoms with van der Waals surface area (Å²) in [5.74, 6) is 0.346. The van der Waals surface area contributed by atoms with Crippen LogP contribution in [0.1, 0.15) is 18.5 Å². The first-order valence-electron chi connectivity index (χ1n) is 6.63. The van der Waals surface area contributed by atoms with Gasteiger partial charge in [-0.15, -0.1) is 0 Å². The summed E-state index contributed by atoms with van der Waals surface area (Å²) in [5.41, 5.74) is 6.92. The van der Waals surface area contributed by atoms with Crippen LogP contribution < -0.4 is 11.1 Å². The van der Waals surface area contributed by atoms with Crippen molar-refractivity contribution in [2.75, 3.05) is 11.1 Å². The standard InChI is InChI=1S/C15H13BrFN5/c1-8(21-15-14(18)20-7-13(16)22-15)10-5-9-3-2-4-19-12(9)6-11(10)17/h2-8H,1H3,(H2,18,20)(H,21,22). The number of anilines is 2. The van der Waals surface area contributed by atoms with Crippen molar-refractivity contribution < 1.29 is 4.39 Å². The van der Waals surface area contributed by atoms with Crippen molar-refractivity contribution in [1.82, 2.24) is 15.0 Å². The summed E-state index contributed by atoms with van der Waals surface area (Å²) in [6, 6.07) is 6.59. The zero-order chi connectivity index (χ0) is 15.7. The van der Waals surface area contributed by atoms with E-state index in [4.69, 9.17) is 5.73 Å². The molecule has 0 radical (unpaired) electrons. The molecule has 0 saturated heterocycles. The maximum Gasteiger partial charge on any atom is 0.170 e. The molecule has 0 saturated carbocycles. The molecule has 2 aromatic heterocycles. The van der Waals surface area contributed by atoms with Crippen LogP contribution in [0.15, 0.2) is 41.3 Å². The van der Waals surface area contributed by atoms with Gasteiger partial charge in [0.15, 0.2) is 11.6 Å². The van der Waals surface area contributed by atoms with E-state index in [-0.39, 0.29) is 17.7 Å². The van der Waals surface area contributed by atoms with Crippen molar-refractivity contribution >= 4 is 38.5 Å². The molecule has 3 rings (SSSR count). The summed E-state index contributed by atoms with van der Waals surface area (Å²) in [4.78, 5) is 12.4. The molecule has 0 fully saturated rings. The Bertz CT molecular complexity index is 839. The largest absolute Gasteiger partial charge is 0.381 e. The topological polar surface area (TPSA) is 76.7 Å². The third kappa shape index (κ3) is 2.85.